The SMILES string of the molecule is Cc1ccc(OCc2ccc(F)cc2)c(B2OC(C)(C)C(C)(C)O2)c1. The number of rotatable bonds is 4. The van der Waals surface area contributed by atoms with Crippen molar-refractivity contribution in [1.29, 1.82) is 0 Å². The summed E-state index contributed by atoms with van der Waals surface area (Å²) in [5, 5.41) is 0. The number of hydrogen-bond acceptors (Lipinski definition) is 3. The van der Waals surface area contributed by atoms with Crippen LogP contribution in [0, 0.1) is 12.7 Å². The highest BCUT2D eigenvalue weighted by Gasteiger charge is 2.52. The zero-order valence-corrected chi connectivity index (χ0v) is 15.4. The topological polar surface area (TPSA) is 27.7 Å². The highest BCUT2D eigenvalue weighted by atomic mass is 19.1. The zero-order valence-electron chi connectivity index (χ0n) is 15.4. The Morgan fingerprint density at radius 3 is 2.16 bits per heavy atom. The summed E-state index contributed by atoms with van der Waals surface area (Å²) in [6.45, 7) is 10.5. The van der Waals surface area contributed by atoms with Crippen LogP contribution in [-0.2, 0) is 15.9 Å². The van der Waals surface area contributed by atoms with Gasteiger partial charge in [0.15, 0.2) is 0 Å². The highest BCUT2D eigenvalue weighted by molar-refractivity contribution is 6.63. The third-order valence-electron chi connectivity index (χ3n) is 4.98. The van der Waals surface area contributed by atoms with E-state index < -0.39 is 18.3 Å². The Morgan fingerprint density at radius 2 is 1.56 bits per heavy atom. The molecule has 0 radical (unpaired) electrons. The van der Waals surface area contributed by atoms with Crippen molar-refractivity contribution in [3.05, 3.63) is 59.4 Å². The van der Waals surface area contributed by atoms with Gasteiger partial charge >= 0.3 is 7.12 Å². The fraction of sp³-hybridized carbons (Fsp3) is 0.400. The lowest BCUT2D eigenvalue weighted by Gasteiger charge is -2.32. The Labute approximate surface area is 149 Å². The number of aryl methyl sites for hydroxylation is 1. The molecule has 3 rings (SSSR count). The minimum atomic E-state index is -0.479. The largest absolute Gasteiger partial charge is 0.498 e. The number of hydrogen-bond donors (Lipinski definition) is 0. The predicted octanol–water partition coefficient (Wildman–Crippen LogP) is 4.01. The van der Waals surface area contributed by atoms with Gasteiger partial charge in [-0.1, -0.05) is 29.8 Å². The van der Waals surface area contributed by atoms with Crippen molar-refractivity contribution in [2.75, 3.05) is 0 Å². The summed E-state index contributed by atoms with van der Waals surface area (Å²) in [4.78, 5) is 0. The number of halogens is 1. The van der Waals surface area contributed by atoms with Gasteiger partial charge in [0, 0.05) is 5.46 Å². The Hall–Kier alpha value is -1.85. The number of benzene rings is 2. The molecular formula is C20H24BFO3. The van der Waals surface area contributed by atoms with Crippen molar-refractivity contribution in [2.24, 2.45) is 0 Å². The molecule has 1 saturated heterocycles. The van der Waals surface area contributed by atoms with Crippen LogP contribution in [-0.4, -0.2) is 18.3 Å². The quantitative estimate of drug-likeness (QED) is 0.786. The molecule has 0 bridgehead atoms. The van der Waals surface area contributed by atoms with E-state index in [9.17, 15) is 4.39 Å². The number of ether oxygens (including phenoxy) is 1. The minimum absolute atomic E-state index is 0.253. The first-order valence-corrected chi connectivity index (χ1v) is 8.51. The third kappa shape index (κ3) is 3.72. The molecule has 0 saturated carbocycles. The van der Waals surface area contributed by atoms with Gasteiger partial charge in [-0.2, -0.15) is 0 Å². The second kappa shape index (κ2) is 6.47. The van der Waals surface area contributed by atoms with Crippen molar-refractivity contribution < 1.29 is 18.4 Å². The molecule has 2 aromatic rings. The molecule has 1 fully saturated rings. The van der Waals surface area contributed by atoms with Gasteiger partial charge in [-0.3, -0.25) is 0 Å². The van der Waals surface area contributed by atoms with E-state index in [1.807, 2.05) is 52.8 Å². The summed E-state index contributed by atoms with van der Waals surface area (Å²) < 4.78 is 31.3. The molecule has 0 atom stereocenters. The first kappa shape index (κ1) is 18.0. The molecule has 3 nitrogen and oxygen atoms in total. The van der Waals surface area contributed by atoms with Gasteiger partial charge in [-0.05, 0) is 58.4 Å². The summed E-state index contributed by atoms with van der Waals surface area (Å²) in [6.07, 6.45) is 0. The maximum Gasteiger partial charge on any atom is 0.498 e. The van der Waals surface area contributed by atoms with E-state index in [4.69, 9.17) is 14.0 Å². The molecule has 0 unspecified atom stereocenters. The van der Waals surface area contributed by atoms with E-state index in [1.54, 1.807) is 12.1 Å². The normalized spacial score (nSPS) is 18.4. The summed E-state index contributed by atoms with van der Waals surface area (Å²) in [7, 11) is -0.479. The van der Waals surface area contributed by atoms with Gasteiger partial charge in [0.1, 0.15) is 18.2 Å². The zero-order chi connectivity index (χ0) is 18.2. The fourth-order valence-corrected chi connectivity index (χ4v) is 2.70. The molecule has 0 aromatic heterocycles. The van der Waals surface area contributed by atoms with Crippen LogP contribution < -0.4 is 10.2 Å². The molecule has 5 heteroatoms. The summed E-state index contributed by atoms with van der Waals surface area (Å²) in [5.74, 6) is 0.463. The lowest BCUT2D eigenvalue weighted by atomic mass is 9.77. The molecule has 0 spiro atoms. The average molecular weight is 342 g/mol. The van der Waals surface area contributed by atoms with Gasteiger partial charge in [-0.25, -0.2) is 4.39 Å². The monoisotopic (exact) mass is 342 g/mol. The Morgan fingerprint density at radius 1 is 0.960 bits per heavy atom. The predicted molar refractivity (Wildman–Crippen MR) is 97.6 cm³/mol. The fourth-order valence-electron chi connectivity index (χ4n) is 2.70. The average Bonchev–Trinajstić information content (AvgIpc) is 2.75. The van der Waals surface area contributed by atoms with Crippen LogP contribution in [0.4, 0.5) is 4.39 Å². The van der Waals surface area contributed by atoms with Gasteiger partial charge in [-0.15, -0.1) is 0 Å². The van der Waals surface area contributed by atoms with Gasteiger partial charge in [0.25, 0.3) is 0 Å². The van der Waals surface area contributed by atoms with Crippen LogP contribution in [0.2, 0.25) is 0 Å². The highest BCUT2D eigenvalue weighted by Crippen LogP contribution is 2.37. The first-order valence-electron chi connectivity index (χ1n) is 8.51. The maximum atomic E-state index is 13.0. The standard InChI is InChI=1S/C20H24BFO3/c1-14-6-11-18(23-13-15-7-9-16(22)10-8-15)17(12-14)21-24-19(2,3)20(4,5)25-21/h6-12H,13H2,1-5H3. The molecule has 0 aliphatic carbocycles. The van der Waals surface area contributed by atoms with E-state index in [0.29, 0.717) is 12.4 Å². The maximum absolute atomic E-state index is 13.0. The van der Waals surface area contributed by atoms with E-state index in [1.165, 1.54) is 12.1 Å². The van der Waals surface area contributed by atoms with Gasteiger partial charge in [0.05, 0.1) is 11.2 Å². The Bertz CT molecular complexity index is 740. The first-order chi connectivity index (χ1) is 11.7. The van der Waals surface area contributed by atoms with Crippen LogP contribution in [0.25, 0.3) is 0 Å². The molecule has 1 aliphatic rings. The van der Waals surface area contributed by atoms with Crippen molar-refractivity contribution in [2.45, 2.75) is 52.4 Å². The van der Waals surface area contributed by atoms with Crippen LogP contribution in [0.3, 0.4) is 0 Å². The summed E-state index contributed by atoms with van der Waals surface area (Å²) >= 11 is 0. The van der Waals surface area contributed by atoms with Crippen molar-refractivity contribution >= 4 is 12.6 Å². The summed E-state index contributed by atoms with van der Waals surface area (Å²) in [5.41, 5.74) is 2.08. The molecule has 1 aliphatic heterocycles. The lowest BCUT2D eigenvalue weighted by molar-refractivity contribution is 0.00578. The van der Waals surface area contributed by atoms with E-state index >= 15 is 0 Å². The molecular weight excluding hydrogens is 318 g/mol. The smallest absolute Gasteiger partial charge is 0.489 e. The molecule has 0 amide bonds. The molecule has 132 valence electrons. The lowest BCUT2D eigenvalue weighted by Crippen LogP contribution is -2.41. The van der Waals surface area contributed by atoms with Crippen molar-refractivity contribution in [3.8, 4) is 5.75 Å². The van der Waals surface area contributed by atoms with Crippen LogP contribution in [0.5, 0.6) is 5.75 Å². The van der Waals surface area contributed by atoms with E-state index in [-0.39, 0.29) is 5.82 Å². The minimum Gasteiger partial charge on any atom is -0.489 e. The molecule has 1 heterocycles. The van der Waals surface area contributed by atoms with E-state index in [0.717, 1.165) is 16.6 Å². The van der Waals surface area contributed by atoms with Gasteiger partial charge < -0.3 is 14.0 Å². The molecule has 0 N–H and O–H groups in total. The van der Waals surface area contributed by atoms with Crippen LogP contribution in [0.1, 0.15) is 38.8 Å². The van der Waals surface area contributed by atoms with Crippen LogP contribution >= 0.6 is 0 Å². The Balaban J connectivity index is 1.83. The third-order valence-corrected chi connectivity index (χ3v) is 4.98. The summed E-state index contributed by atoms with van der Waals surface area (Å²) in [6, 6.07) is 12.3. The van der Waals surface area contributed by atoms with E-state index in [2.05, 4.69) is 0 Å². The second-order valence-electron chi connectivity index (χ2n) is 7.54. The van der Waals surface area contributed by atoms with Crippen molar-refractivity contribution in [1.82, 2.24) is 0 Å². The Kier molecular flexibility index (Phi) is 4.65. The van der Waals surface area contributed by atoms with Crippen LogP contribution in [0.15, 0.2) is 42.5 Å². The molecule has 25 heavy (non-hydrogen) atoms. The van der Waals surface area contributed by atoms with Crippen molar-refractivity contribution in [3.63, 3.8) is 0 Å². The second-order valence-corrected chi connectivity index (χ2v) is 7.54. The van der Waals surface area contributed by atoms with Gasteiger partial charge in [0.2, 0.25) is 0 Å². The molecule has 2 aromatic carbocycles.